The van der Waals surface area contributed by atoms with Crippen molar-refractivity contribution in [1.82, 2.24) is 19.7 Å². The number of hydrogen-bond donors (Lipinski definition) is 0. The van der Waals surface area contributed by atoms with Crippen LogP contribution in [0, 0.1) is 5.92 Å². The zero-order chi connectivity index (χ0) is 18.5. The molecule has 0 spiro atoms. The second-order valence-electron chi connectivity index (χ2n) is 7.42. The van der Waals surface area contributed by atoms with Gasteiger partial charge < -0.3 is 9.47 Å². The first-order chi connectivity index (χ1) is 12.5. The molecule has 2 heterocycles. The molecule has 2 aromatic rings. The van der Waals surface area contributed by atoms with Gasteiger partial charge in [0.1, 0.15) is 12.1 Å². The van der Waals surface area contributed by atoms with E-state index in [2.05, 4.69) is 53.3 Å². The maximum Gasteiger partial charge on any atom is 0.191 e. The first-order valence-electron chi connectivity index (χ1n) is 9.31. The summed E-state index contributed by atoms with van der Waals surface area (Å²) in [4.78, 5) is 14.9. The van der Waals surface area contributed by atoms with Gasteiger partial charge >= 0.3 is 0 Å². The Hall–Kier alpha value is -1.66. The second kappa shape index (κ2) is 8.82. The fraction of sp³-hybridized carbons (Fsp3) is 0.550. The quantitative estimate of drug-likeness (QED) is 0.696. The highest BCUT2D eigenvalue weighted by Gasteiger charge is 2.20. The molecule has 140 valence electrons. The number of Topliss-reactive ketones (excluding diaryl/α,β-unsaturated/α-hetero) is 1. The van der Waals surface area contributed by atoms with Crippen molar-refractivity contribution in [1.29, 1.82) is 0 Å². The van der Waals surface area contributed by atoms with Gasteiger partial charge in [0, 0.05) is 31.7 Å². The number of aromatic nitrogens is 3. The van der Waals surface area contributed by atoms with Gasteiger partial charge in [-0.25, -0.2) is 0 Å². The van der Waals surface area contributed by atoms with E-state index in [1.165, 1.54) is 18.4 Å². The van der Waals surface area contributed by atoms with Crippen LogP contribution in [0.5, 0.6) is 0 Å². The zero-order valence-corrected chi connectivity index (χ0v) is 16.7. The Bertz CT molecular complexity index is 745. The minimum Gasteiger partial charge on any atom is -0.312 e. The van der Waals surface area contributed by atoms with E-state index in [4.69, 9.17) is 0 Å². The number of benzene rings is 1. The van der Waals surface area contributed by atoms with Gasteiger partial charge in [0.15, 0.2) is 5.16 Å². The predicted octanol–water partition coefficient (Wildman–Crippen LogP) is 3.51. The molecule has 1 aliphatic heterocycles. The van der Waals surface area contributed by atoms with Gasteiger partial charge in [-0.2, -0.15) is 0 Å². The number of hydrogen-bond acceptors (Lipinski definition) is 5. The molecule has 2 atom stereocenters. The number of rotatable bonds is 7. The largest absolute Gasteiger partial charge is 0.312 e. The normalized spacial score (nSPS) is 19.4. The number of aryl methyl sites for hydroxylation is 1. The molecular formula is C20H28N4OS. The maximum absolute atomic E-state index is 12.5. The molecule has 0 saturated carbocycles. The summed E-state index contributed by atoms with van der Waals surface area (Å²) in [5.41, 5.74) is 2.34. The van der Waals surface area contributed by atoms with Crippen LogP contribution in [-0.2, 0) is 18.3 Å². The minimum atomic E-state index is 0.264. The van der Waals surface area contributed by atoms with Crippen molar-refractivity contribution in [3.05, 3.63) is 41.7 Å². The standard InChI is InChI=1S/C20H28N4OS/c1-15(26-20-22-21-14-24(20)3)18-8-4-6-16(10-18)11-19(25)12-17-7-5-9-23(2)13-17/h4,6,8,10,14-15,17H,5,7,9,11-13H2,1-3H3/t15-,17?/m0/s1. The van der Waals surface area contributed by atoms with Crippen LogP contribution in [0.3, 0.4) is 0 Å². The Labute approximate surface area is 160 Å². The monoisotopic (exact) mass is 372 g/mol. The third-order valence-electron chi connectivity index (χ3n) is 5.01. The fourth-order valence-corrected chi connectivity index (χ4v) is 4.53. The summed E-state index contributed by atoms with van der Waals surface area (Å²) in [7, 11) is 4.10. The highest BCUT2D eigenvalue weighted by atomic mass is 32.2. The van der Waals surface area contributed by atoms with Gasteiger partial charge in [-0.15, -0.1) is 10.2 Å². The maximum atomic E-state index is 12.5. The molecule has 1 aromatic carbocycles. The van der Waals surface area contributed by atoms with Crippen LogP contribution in [0.4, 0.5) is 0 Å². The summed E-state index contributed by atoms with van der Waals surface area (Å²) in [5, 5.41) is 9.24. The van der Waals surface area contributed by atoms with Crippen LogP contribution in [0.15, 0.2) is 35.7 Å². The predicted molar refractivity (Wildman–Crippen MR) is 105 cm³/mol. The van der Waals surface area contributed by atoms with E-state index < -0.39 is 0 Å². The lowest BCUT2D eigenvalue weighted by Gasteiger charge is -2.29. The molecule has 6 heteroatoms. The number of carbonyl (C=O) groups is 1. The molecule has 1 aliphatic rings. The van der Waals surface area contributed by atoms with E-state index in [9.17, 15) is 4.79 Å². The lowest BCUT2D eigenvalue weighted by Crippen LogP contribution is -2.33. The molecule has 1 saturated heterocycles. The molecule has 1 fully saturated rings. The summed E-state index contributed by atoms with van der Waals surface area (Å²) < 4.78 is 1.93. The van der Waals surface area contributed by atoms with Crippen LogP contribution in [0.2, 0.25) is 0 Å². The summed E-state index contributed by atoms with van der Waals surface area (Å²) in [5.74, 6) is 0.880. The van der Waals surface area contributed by atoms with Gasteiger partial charge in [-0.05, 0) is 50.4 Å². The second-order valence-corrected chi connectivity index (χ2v) is 8.73. The average molecular weight is 373 g/mol. The van der Waals surface area contributed by atoms with Crippen molar-refractivity contribution in [2.45, 2.75) is 43.0 Å². The number of likely N-dealkylation sites (tertiary alicyclic amines) is 1. The first kappa shape index (κ1) is 19.1. The third-order valence-corrected chi connectivity index (χ3v) is 6.22. The third kappa shape index (κ3) is 5.17. The van der Waals surface area contributed by atoms with E-state index >= 15 is 0 Å². The highest BCUT2D eigenvalue weighted by molar-refractivity contribution is 7.99. The van der Waals surface area contributed by atoms with E-state index in [1.54, 1.807) is 18.1 Å². The average Bonchev–Trinajstić information content (AvgIpc) is 3.00. The van der Waals surface area contributed by atoms with E-state index in [0.29, 0.717) is 24.5 Å². The van der Waals surface area contributed by atoms with Crippen molar-refractivity contribution in [3.63, 3.8) is 0 Å². The highest BCUT2D eigenvalue weighted by Crippen LogP contribution is 2.33. The van der Waals surface area contributed by atoms with Crippen LogP contribution >= 0.6 is 11.8 Å². The van der Waals surface area contributed by atoms with E-state index in [0.717, 1.165) is 23.8 Å². The Balaban J connectivity index is 1.58. The van der Waals surface area contributed by atoms with Crippen molar-refractivity contribution >= 4 is 17.5 Å². The molecule has 5 nitrogen and oxygen atoms in total. The van der Waals surface area contributed by atoms with Crippen molar-refractivity contribution in [3.8, 4) is 0 Å². The molecule has 26 heavy (non-hydrogen) atoms. The molecule has 3 rings (SSSR count). The first-order valence-corrected chi connectivity index (χ1v) is 10.2. The van der Waals surface area contributed by atoms with Crippen LogP contribution < -0.4 is 0 Å². The minimum absolute atomic E-state index is 0.264. The van der Waals surface area contributed by atoms with Gasteiger partial charge in [0.25, 0.3) is 0 Å². The Morgan fingerprint density at radius 2 is 2.23 bits per heavy atom. The van der Waals surface area contributed by atoms with Crippen LogP contribution in [0.1, 0.15) is 42.6 Å². The van der Waals surface area contributed by atoms with Gasteiger partial charge in [-0.1, -0.05) is 36.0 Å². The fourth-order valence-electron chi connectivity index (χ4n) is 3.62. The molecule has 0 radical (unpaired) electrons. The molecule has 1 aromatic heterocycles. The van der Waals surface area contributed by atoms with Gasteiger partial charge in [0.2, 0.25) is 0 Å². The Kier molecular flexibility index (Phi) is 6.48. The summed E-state index contributed by atoms with van der Waals surface area (Å²) in [6.07, 6.45) is 5.35. The van der Waals surface area contributed by atoms with Gasteiger partial charge in [-0.3, -0.25) is 4.79 Å². The topological polar surface area (TPSA) is 51.0 Å². The Morgan fingerprint density at radius 3 is 2.96 bits per heavy atom. The summed E-state index contributed by atoms with van der Waals surface area (Å²) in [6, 6.07) is 8.41. The molecular weight excluding hydrogens is 344 g/mol. The van der Waals surface area contributed by atoms with Gasteiger partial charge in [0.05, 0.1) is 0 Å². The molecule has 0 N–H and O–H groups in total. The molecule has 1 unspecified atom stereocenters. The van der Waals surface area contributed by atoms with Crippen molar-refractivity contribution < 1.29 is 4.79 Å². The molecule has 0 amide bonds. The van der Waals surface area contributed by atoms with Crippen molar-refractivity contribution in [2.75, 3.05) is 20.1 Å². The lowest BCUT2D eigenvalue weighted by molar-refractivity contribution is -0.119. The number of carbonyl (C=O) groups excluding carboxylic acids is 1. The van der Waals surface area contributed by atoms with E-state index in [-0.39, 0.29) is 5.25 Å². The van der Waals surface area contributed by atoms with Crippen LogP contribution in [0.25, 0.3) is 0 Å². The lowest BCUT2D eigenvalue weighted by atomic mass is 9.91. The van der Waals surface area contributed by atoms with E-state index in [1.807, 2.05) is 11.6 Å². The number of ketones is 1. The smallest absolute Gasteiger partial charge is 0.191 e. The summed E-state index contributed by atoms with van der Waals surface area (Å²) in [6.45, 7) is 4.38. The summed E-state index contributed by atoms with van der Waals surface area (Å²) >= 11 is 1.69. The number of nitrogens with zero attached hydrogens (tertiary/aromatic N) is 4. The van der Waals surface area contributed by atoms with Crippen molar-refractivity contribution in [2.24, 2.45) is 13.0 Å². The molecule has 0 bridgehead atoms. The number of thioether (sulfide) groups is 1. The number of piperidine rings is 1. The molecule has 0 aliphatic carbocycles. The Morgan fingerprint density at radius 1 is 1.38 bits per heavy atom. The van der Waals surface area contributed by atoms with Crippen LogP contribution in [-0.4, -0.2) is 45.6 Å². The SMILES string of the molecule is C[C@H](Sc1nncn1C)c1cccc(CC(=O)CC2CCCN(C)C2)c1. The zero-order valence-electron chi connectivity index (χ0n) is 15.9.